The third-order valence-electron chi connectivity index (χ3n) is 4.55. The van der Waals surface area contributed by atoms with Crippen molar-refractivity contribution >= 4 is 23.3 Å². The maximum Gasteiger partial charge on any atom is 0.226 e. The van der Waals surface area contributed by atoms with E-state index in [4.69, 9.17) is 0 Å². The fourth-order valence-corrected chi connectivity index (χ4v) is 3.25. The van der Waals surface area contributed by atoms with Crippen molar-refractivity contribution in [3.63, 3.8) is 0 Å². The van der Waals surface area contributed by atoms with Gasteiger partial charge in [-0.15, -0.1) is 0 Å². The van der Waals surface area contributed by atoms with E-state index in [1.54, 1.807) is 31.2 Å². The van der Waals surface area contributed by atoms with Crippen molar-refractivity contribution in [2.45, 2.75) is 58.4 Å². The zero-order valence-corrected chi connectivity index (χ0v) is 14.5. The molecule has 1 saturated carbocycles. The van der Waals surface area contributed by atoms with Crippen molar-refractivity contribution in [1.29, 1.82) is 0 Å². The highest BCUT2D eigenvalue weighted by Gasteiger charge is 2.23. The van der Waals surface area contributed by atoms with Gasteiger partial charge in [-0.05, 0) is 31.9 Å². The number of hydrogen-bond acceptors (Lipinski definition) is 3. The standard InChI is InChI=1S/C19H26N2O3/c1-14(22)16-7-6-8-17(13-16)20-19(24)11-12-21(15(2)23)18-9-4-3-5-10-18/h6-8,13,18H,3-5,9-12H2,1-2H3,(H,20,24). The van der Waals surface area contributed by atoms with Crippen LogP contribution in [0.2, 0.25) is 0 Å². The lowest BCUT2D eigenvalue weighted by atomic mass is 9.94. The highest BCUT2D eigenvalue weighted by atomic mass is 16.2. The van der Waals surface area contributed by atoms with Crippen LogP contribution in [0.15, 0.2) is 24.3 Å². The van der Waals surface area contributed by atoms with Gasteiger partial charge in [-0.25, -0.2) is 0 Å². The van der Waals surface area contributed by atoms with Gasteiger partial charge in [0.05, 0.1) is 0 Å². The summed E-state index contributed by atoms with van der Waals surface area (Å²) in [6, 6.07) is 7.16. The van der Waals surface area contributed by atoms with E-state index in [0.29, 0.717) is 17.8 Å². The normalized spacial score (nSPS) is 14.9. The SMILES string of the molecule is CC(=O)c1cccc(NC(=O)CCN(C(C)=O)C2CCCCC2)c1. The molecule has 1 aromatic carbocycles. The number of carbonyl (C=O) groups excluding carboxylic acids is 3. The predicted molar refractivity (Wildman–Crippen MR) is 94.0 cm³/mol. The molecule has 5 nitrogen and oxygen atoms in total. The van der Waals surface area contributed by atoms with Crippen LogP contribution < -0.4 is 5.32 Å². The Balaban J connectivity index is 1.90. The molecule has 130 valence electrons. The summed E-state index contributed by atoms with van der Waals surface area (Å²) in [4.78, 5) is 37.3. The third-order valence-corrected chi connectivity index (χ3v) is 4.55. The van der Waals surface area contributed by atoms with Crippen LogP contribution in [-0.2, 0) is 9.59 Å². The first kappa shape index (κ1) is 18.2. The smallest absolute Gasteiger partial charge is 0.226 e. The molecule has 2 amide bonds. The first-order chi connectivity index (χ1) is 11.5. The molecule has 1 fully saturated rings. The van der Waals surface area contributed by atoms with Crippen molar-refractivity contribution in [2.75, 3.05) is 11.9 Å². The van der Waals surface area contributed by atoms with Gasteiger partial charge < -0.3 is 10.2 Å². The van der Waals surface area contributed by atoms with Crippen LogP contribution in [0, 0.1) is 0 Å². The number of ketones is 1. The predicted octanol–water partition coefficient (Wildman–Crippen LogP) is 3.40. The number of Topliss-reactive ketones (excluding diaryl/α,β-unsaturated/α-hetero) is 1. The molecule has 0 saturated heterocycles. The quantitative estimate of drug-likeness (QED) is 0.813. The fraction of sp³-hybridized carbons (Fsp3) is 0.526. The van der Waals surface area contributed by atoms with Crippen LogP contribution in [0.25, 0.3) is 0 Å². The number of nitrogens with zero attached hydrogens (tertiary/aromatic N) is 1. The summed E-state index contributed by atoms with van der Waals surface area (Å²) < 4.78 is 0. The lowest BCUT2D eigenvalue weighted by molar-refractivity contribution is -0.132. The van der Waals surface area contributed by atoms with E-state index in [1.807, 2.05) is 4.90 Å². The maximum atomic E-state index is 12.2. The Labute approximate surface area is 143 Å². The van der Waals surface area contributed by atoms with Crippen LogP contribution >= 0.6 is 0 Å². The van der Waals surface area contributed by atoms with Gasteiger partial charge in [0.25, 0.3) is 0 Å². The molecule has 0 atom stereocenters. The van der Waals surface area contributed by atoms with Crippen molar-refractivity contribution < 1.29 is 14.4 Å². The van der Waals surface area contributed by atoms with Gasteiger partial charge in [0.1, 0.15) is 0 Å². The summed E-state index contributed by atoms with van der Waals surface area (Å²) in [6.07, 6.45) is 5.86. The van der Waals surface area contributed by atoms with E-state index in [2.05, 4.69) is 5.32 Å². The molecule has 1 aliphatic rings. The monoisotopic (exact) mass is 330 g/mol. The van der Waals surface area contributed by atoms with Crippen LogP contribution in [-0.4, -0.2) is 35.1 Å². The molecule has 0 aliphatic heterocycles. The number of carbonyl (C=O) groups is 3. The molecule has 5 heteroatoms. The molecule has 1 aromatic rings. The molecule has 0 aromatic heterocycles. The Hall–Kier alpha value is -2.17. The molecule has 0 heterocycles. The molecule has 0 bridgehead atoms. The number of benzene rings is 1. The second-order valence-corrected chi connectivity index (χ2v) is 6.44. The molecule has 2 rings (SSSR count). The minimum absolute atomic E-state index is 0.0354. The van der Waals surface area contributed by atoms with Gasteiger partial charge in [0, 0.05) is 37.2 Å². The molecular formula is C19H26N2O3. The number of anilines is 1. The number of nitrogens with one attached hydrogen (secondary N) is 1. The molecule has 24 heavy (non-hydrogen) atoms. The summed E-state index contributed by atoms with van der Waals surface area (Å²) in [5.41, 5.74) is 1.18. The van der Waals surface area contributed by atoms with E-state index < -0.39 is 0 Å². The van der Waals surface area contributed by atoms with E-state index in [-0.39, 0.29) is 30.1 Å². The minimum atomic E-state index is -0.141. The van der Waals surface area contributed by atoms with Gasteiger partial charge in [0.15, 0.2) is 5.78 Å². The number of hydrogen-bond donors (Lipinski definition) is 1. The second kappa shape index (κ2) is 8.62. The van der Waals surface area contributed by atoms with Crippen LogP contribution in [0.1, 0.15) is 62.7 Å². The van der Waals surface area contributed by atoms with Gasteiger partial charge >= 0.3 is 0 Å². The molecule has 1 N–H and O–H groups in total. The minimum Gasteiger partial charge on any atom is -0.339 e. The van der Waals surface area contributed by atoms with Gasteiger partial charge in [0.2, 0.25) is 11.8 Å². The largest absolute Gasteiger partial charge is 0.339 e. The molecule has 0 spiro atoms. The van der Waals surface area contributed by atoms with Crippen molar-refractivity contribution in [2.24, 2.45) is 0 Å². The fourth-order valence-electron chi connectivity index (χ4n) is 3.25. The number of rotatable bonds is 6. The summed E-state index contributed by atoms with van der Waals surface area (Å²) in [7, 11) is 0. The molecule has 0 unspecified atom stereocenters. The Bertz CT molecular complexity index is 606. The lowest BCUT2D eigenvalue weighted by Gasteiger charge is -2.33. The topological polar surface area (TPSA) is 66.5 Å². The zero-order valence-electron chi connectivity index (χ0n) is 14.5. The van der Waals surface area contributed by atoms with Crippen molar-refractivity contribution in [3.8, 4) is 0 Å². The van der Waals surface area contributed by atoms with E-state index in [1.165, 1.54) is 13.3 Å². The third kappa shape index (κ3) is 5.18. The van der Waals surface area contributed by atoms with Crippen molar-refractivity contribution in [3.05, 3.63) is 29.8 Å². The Morgan fingerprint density at radius 1 is 1.12 bits per heavy atom. The number of amides is 2. The Kier molecular flexibility index (Phi) is 6.53. The van der Waals surface area contributed by atoms with Crippen molar-refractivity contribution in [1.82, 2.24) is 4.90 Å². The molecule has 1 aliphatic carbocycles. The second-order valence-electron chi connectivity index (χ2n) is 6.44. The first-order valence-electron chi connectivity index (χ1n) is 8.65. The van der Waals surface area contributed by atoms with Crippen LogP contribution in [0.3, 0.4) is 0 Å². The van der Waals surface area contributed by atoms with Crippen LogP contribution in [0.5, 0.6) is 0 Å². The summed E-state index contributed by atoms with van der Waals surface area (Å²) in [6.45, 7) is 3.51. The maximum absolute atomic E-state index is 12.2. The molecular weight excluding hydrogens is 304 g/mol. The highest BCUT2D eigenvalue weighted by Crippen LogP contribution is 2.23. The summed E-state index contributed by atoms with van der Waals surface area (Å²) in [5.74, 6) is -0.141. The van der Waals surface area contributed by atoms with Gasteiger partial charge in [-0.1, -0.05) is 31.4 Å². The van der Waals surface area contributed by atoms with Gasteiger partial charge in [-0.2, -0.15) is 0 Å². The van der Waals surface area contributed by atoms with E-state index in [9.17, 15) is 14.4 Å². The summed E-state index contributed by atoms with van der Waals surface area (Å²) in [5, 5.41) is 2.81. The van der Waals surface area contributed by atoms with Gasteiger partial charge in [-0.3, -0.25) is 14.4 Å². The highest BCUT2D eigenvalue weighted by molar-refractivity contribution is 5.97. The van der Waals surface area contributed by atoms with E-state index in [0.717, 1.165) is 25.7 Å². The van der Waals surface area contributed by atoms with E-state index >= 15 is 0 Å². The average Bonchev–Trinajstić information content (AvgIpc) is 2.56. The molecule has 0 radical (unpaired) electrons. The Morgan fingerprint density at radius 2 is 1.83 bits per heavy atom. The lowest BCUT2D eigenvalue weighted by Crippen LogP contribution is -2.41. The zero-order chi connectivity index (χ0) is 17.5. The summed E-state index contributed by atoms with van der Waals surface area (Å²) >= 11 is 0. The average molecular weight is 330 g/mol. The first-order valence-corrected chi connectivity index (χ1v) is 8.65. The van der Waals surface area contributed by atoms with Crippen LogP contribution in [0.4, 0.5) is 5.69 Å². The Morgan fingerprint density at radius 3 is 2.46 bits per heavy atom.